The third-order valence-corrected chi connectivity index (χ3v) is 3.15. The normalized spacial score (nSPS) is 10.9. The molecule has 0 spiro atoms. The van der Waals surface area contributed by atoms with Crippen LogP contribution in [0.4, 0.5) is 0 Å². The van der Waals surface area contributed by atoms with Gasteiger partial charge in [-0.05, 0) is 34.1 Å². The van der Waals surface area contributed by atoms with Gasteiger partial charge in [0.15, 0.2) is 11.5 Å². The highest BCUT2D eigenvalue weighted by molar-refractivity contribution is 9.10. The maximum absolute atomic E-state index is 10.7. The van der Waals surface area contributed by atoms with E-state index in [0.29, 0.717) is 5.76 Å². The van der Waals surface area contributed by atoms with Crippen molar-refractivity contribution in [3.05, 3.63) is 40.7 Å². The molecular formula is C12H6BrNO4. The van der Waals surface area contributed by atoms with E-state index in [1.54, 1.807) is 18.4 Å². The second-order valence-corrected chi connectivity index (χ2v) is 4.53. The molecule has 0 saturated heterocycles. The highest BCUT2D eigenvalue weighted by Gasteiger charge is 2.13. The minimum Gasteiger partial charge on any atom is -0.476 e. The first-order chi connectivity index (χ1) is 8.65. The summed E-state index contributed by atoms with van der Waals surface area (Å²) >= 11 is 3.37. The van der Waals surface area contributed by atoms with Crippen LogP contribution in [0.5, 0.6) is 0 Å². The number of fused-ring (bicyclic) bond motifs is 1. The summed E-state index contributed by atoms with van der Waals surface area (Å²) in [4.78, 5) is 10.7. The van der Waals surface area contributed by atoms with Gasteiger partial charge in [0.25, 0.3) is 0 Å². The smallest absolute Gasteiger partial charge is 0.358 e. The first-order valence-corrected chi connectivity index (χ1v) is 5.81. The third kappa shape index (κ3) is 1.70. The van der Waals surface area contributed by atoms with Gasteiger partial charge < -0.3 is 14.0 Å². The maximum Gasteiger partial charge on any atom is 0.358 e. The van der Waals surface area contributed by atoms with Crippen LogP contribution in [0, 0.1) is 0 Å². The van der Waals surface area contributed by atoms with E-state index >= 15 is 0 Å². The molecule has 18 heavy (non-hydrogen) atoms. The van der Waals surface area contributed by atoms with Crippen molar-refractivity contribution in [3.63, 3.8) is 0 Å². The number of carbonyl (C=O) groups is 1. The molecule has 3 aromatic rings. The van der Waals surface area contributed by atoms with E-state index in [9.17, 15) is 4.79 Å². The minimum absolute atomic E-state index is 0.114. The van der Waals surface area contributed by atoms with E-state index in [2.05, 4.69) is 21.1 Å². The van der Waals surface area contributed by atoms with E-state index in [0.717, 1.165) is 21.0 Å². The lowest BCUT2D eigenvalue weighted by Crippen LogP contribution is -1.94. The second kappa shape index (κ2) is 3.99. The number of aromatic nitrogens is 1. The number of furan rings is 1. The molecular weight excluding hydrogens is 302 g/mol. The van der Waals surface area contributed by atoms with Crippen LogP contribution in [0.1, 0.15) is 10.5 Å². The molecule has 2 heterocycles. The Bertz CT molecular complexity index is 743. The van der Waals surface area contributed by atoms with Gasteiger partial charge in [-0.3, -0.25) is 0 Å². The van der Waals surface area contributed by atoms with E-state index in [1.807, 2.05) is 6.07 Å². The van der Waals surface area contributed by atoms with E-state index < -0.39 is 5.97 Å². The zero-order valence-electron chi connectivity index (χ0n) is 8.88. The topological polar surface area (TPSA) is 76.5 Å². The number of carboxylic acid groups (broad SMARTS) is 1. The van der Waals surface area contributed by atoms with E-state index in [4.69, 9.17) is 14.0 Å². The zero-order valence-corrected chi connectivity index (χ0v) is 10.5. The van der Waals surface area contributed by atoms with Gasteiger partial charge in [-0.1, -0.05) is 5.16 Å². The third-order valence-electron chi connectivity index (χ3n) is 2.54. The quantitative estimate of drug-likeness (QED) is 0.783. The summed E-state index contributed by atoms with van der Waals surface area (Å²) in [6.07, 6.45) is 1.59. The van der Waals surface area contributed by atoms with Gasteiger partial charge in [-0.15, -0.1) is 0 Å². The van der Waals surface area contributed by atoms with Gasteiger partial charge in [0, 0.05) is 17.0 Å². The molecule has 0 aliphatic carbocycles. The Hall–Kier alpha value is -2.08. The monoisotopic (exact) mass is 307 g/mol. The van der Waals surface area contributed by atoms with Crippen LogP contribution in [0.25, 0.3) is 22.3 Å². The van der Waals surface area contributed by atoms with Crippen molar-refractivity contribution >= 4 is 32.9 Å². The molecule has 0 bridgehead atoms. The van der Waals surface area contributed by atoms with Gasteiger partial charge >= 0.3 is 5.97 Å². The SMILES string of the molecule is O=C(O)c1cc(-c2ccc3occ(Br)c3c2)on1. The Labute approximate surface area is 109 Å². The molecule has 3 rings (SSSR count). The van der Waals surface area contributed by atoms with E-state index in [1.165, 1.54) is 6.07 Å². The number of rotatable bonds is 2. The Kier molecular flexibility index (Phi) is 2.45. The molecule has 1 N–H and O–H groups in total. The standard InChI is InChI=1S/C12H6BrNO4/c13-8-5-17-10-2-1-6(3-7(8)10)11-4-9(12(15)16)14-18-11/h1-5H,(H,15,16). The molecule has 0 aliphatic heterocycles. The van der Waals surface area contributed by atoms with Gasteiger partial charge in [0.2, 0.25) is 0 Å². The Morgan fingerprint density at radius 1 is 1.33 bits per heavy atom. The largest absolute Gasteiger partial charge is 0.476 e. The van der Waals surface area contributed by atoms with Crippen LogP contribution in [0.3, 0.4) is 0 Å². The predicted molar refractivity (Wildman–Crippen MR) is 66.4 cm³/mol. The van der Waals surface area contributed by atoms with Crippen LogP contribution < -0.4 is 0 Å². The summed E-state index contributed by atoms with van der Waals surface area (Å²) in [5.41, 5.74) is 1.37. The molecule has 0 amide bonds. The molecule has 0 aliphatic rings. The summed E-state index contributed by atoms with van der Waals surface area (Å²) < 4.78 is 11.1. The summed E-state index contributed by atoms with van der Waals surface area (Å²) in [6.45, 7) is 0. The van der Waals surface area contributed by atoms with Crippen molar-refractivity contribution < 1.29 is 18.8 Å². The summed E-state index contributed by atoms with van der Waals surface area (Å²) in [5, 5.41) is 13.1. The Morgan fingerprint density at radius 3 is 2.89 bits per heavy atom. The average molecular weight is 308 g/mol. The second-order valence-electron chi connectivity index (χ2n) is 3.68. The molecule has 6 heteroatoms. The molecule has 0 atom stereocenters. The molecule has 90 valence electrons. The fraction of sp³-hybridized carbons (Fsp3) is 0. The lowest BCUT2D eigenvalue weighted by Gasteiger charge is -1.95. The highest BCUT2D eigenvalue weighted by Crippen LogP contribution is 2.30. The Balaban J connectivity index is 2.12. The molecule has 0 fully saturated rings. The molecule has 5 nitrogen and oxygen atoms in total. The van der Waals surface area contributed by atoms with Gasteiger partial charge in [-0.2, -0.15) is 0 Å². The fourth-order valence-corrected chi connectivity index (χ4v) is 2.07. The first kappa shape index (κ1) is 11.0. The average Bonchev–Trinajstić information content (AvgIpc) is 2.96. The summed E-state index contributed by atoms with van der Waals surface area (Å²) in [6, 6.07) is 6.80. The predicted octanol–water partition coefficient (Wildman–Crippen LogP) is 3.55. The van der Waals surface area contributed by atoms with Gasteiger partial charge in [0.1, 0.15) is 11.8 Å². The number of carboxylic acids is 1. The van der Waals surface area contributed by atoms with Crippen LogP contribution in [-0.4, -0.2) is 16.2 Å². The lowest BCUT2D eigenvalue weighted by molar-refractivity contribution is 0.0686. The number of hydrogen-bond donors (Lipinski definition) is 1. The summed E-state index contributed by atoms with van der Waals surface area (Å²) in [5.74, 6) is -0.710. The van der Waals surface area contributed by atoms with Crippen molar-refractivity contribution in [3.8, 4) is 11.3 Å². The number of nitrogens with zero attached hydrogens (tertiary/aromatic N) is 1. The van der Waals surface area contributed by atoms with Crippen molar-refractivity contribution in [2.45, 2.75) is 0 Å². The van der Waals surface area contributed by atoms with Gasteiger partial charge in [0.05, 0.1) is 4.47 Å². The zero-order chi connectivity index (χ0) is 12.7. The minimum atomic E-state index is -1.12. The maximum atomic E-state index is 10.7. The molecule has 0 unspecified atom stereocenters. The van der Waals surface area contributed by atoms with E-state index in [-0.39, 0.29) is 5.69 Å². The van der Waals surface area contributed by atoms with Crippen LogP contribution in [0.15, 0.2) is 43.9 Å². The number of benzene rings is 1. The number of halogens is 1. The molecule has 0 radical (unpaired) electrons. The molecule has 0 saturated carbocycles. The van der Waals surface area contributed by atoms with Crippen LogP contribution in [0.2, 0.25) is 0 Å². The molecule has 1 aromatic carbocycles. The Morgan fingerprint density at radius 2 is 2.17 bits per heavy atom. The van der Waals surface area contributed by atoms with Crippen LogP contribution in [-0.2, 0) is 0 Å². The number of hydrogen-bond acceptors (Lipinski definition) is 4. The van der Waals surface area contributed by atoms with Crippen LogP contribution >= 0.6 is 15.9 Å². The van der Waals surface area contributed by atoms with Gasteiger partial charge in [-0.25, -0.2) is 4.79 Å². The molecule has 2 aromatic heterocycles. The summed E-state index contributed by atoms with van der Waals surface area (Å²) in [7, 11) is 0. The van der Waals surface area contributed by atoms with Crippen molar-refractivity contribution in [1.29, 1.82) is 0 Å². The van der Waals surface area contributed by atoms with Crippen molar-refractivity contribution in [2.24, 2.45) is 0 Å². The highest BCUT2D eigenvalue weighted by atomic mass is 79.9. The number of aromatic carboxylic acids is 1. The van der Waals surface area contributed by atoms with Crippen molar-refractivity contribution in [2.75, 3.05) is 0 Å². The van der Waals surface area contributed by atoms with Crippen molar-refractivity contribution in [1.82, 2.24) is 5.16 Å². The first-order valence-electron chi connectivity index (χ1n) is 5.02. The lowest BCUT2D eigenvalue weighted by atomic mass is 10.1. The fourth-order valence-electron chi connectivity index (χ4n) is 1.66.